The molecule has 0 spiro atoms. The minimum atomic E-state index is -4.43. The van der Waals surface area contributed by atoms with Crippen molar-refractivity contribution in [1.82, 2.24) is 10.2 Å². The van der Waals surface area contributed by atoms with Gasteiger partial charge in [0.15, 0.2) is 0 Å². The van der Waals surface area contributed by atoms with E-state index >= 15 is 0 Å². The maximum atomic E-state index is 12.7. The number of benzene rings is 1. The molecule has 1 aliphatic rings. The van der Waals surface area contributed by atoms with E-state index in [9.17, 15) is 18.0 Å². The highest BCUT2D eigenvalue weighted by molar-refractivity contribution is 7.09. The van der Waals surface area contributed by atoms with Gasteiger partial charge in [-0.15, -0.1) is 11.3 Å². The summed E-state index contributed by atoms with van der Waals surface area (Å²) >= 11 is 1.76. The summed E-state index contributed by atoms with van der Waals surface area (Å²) in [6, 6.07) is 8.35. The first-order valence-electron chi connectivity index (χ1n) is 8.87. The first-order valence-corrected chi connectivity index (χ1v) is 9.75. The Bertz CT molecular complexity index is 741. The lowest BCUT2D eigenvalue weighted by Gasteiger charge is -2.31. The van der Waals surface area contributed by atoms with E-state index in [-0.39, 0.29) is 5.69 Å². The summed E-state index contributed by atoms with van der Waals surface area (Å²) in [5.74, 6) is 0.386. The van der Waals surface area contributed by atoms with Crippen LogP contribution in [-0.2, 0) is 12.7 Å². The quantitative estimate of drug-likeness (QED) is 0.761. The van der Waals surface area contributed by atoms with Gasteiger partial charge in [-0.25, -0.2) is 4.79 Å². The van der Waals surface area contributed by atoms with Crippen molar-refractivity contribution in [3.8, 4) is 0 Å². The van der Waals surface area contributed by atoms with Gasteiger partial charge in [-0.05, 0) is 61.5 Å². The number of nitrogens with zero attached hydrogens (tertiary/aromatic N) is 1. The molecule has 0 unspecified atom stereocenters. The summed E-state index contributed by atoms with van der Waals surface area (Å²) < 4.78 is 38.1. The SMILES string of the molecule is O=C(NCC1CCN(Cc2cccs2)CC1)Nc1cccc(C(F)(F)F)c1. The number of hydrogen-bond donors (Lipinski definition) is 2. The average Bonchev–Trinajstić information content (AvgIpc) is 3.14. The second-order valence-corrected chi connectivity index (χ2v) is 7.74. The molecule has 3 rings (SSSR count). The smallest absolute Gasteiger partial charge is 0.338 e. The van der Waals surface area contributed by atoms with Crippen LogP contribution in [0.5, 0.6) is 0 Å². The van der Waals surface area contributed by atoms with Crippen molar-refractivity contribution in [2.24, 2.45) is 5.92 Å². The number of thiophene rings is 1. The molecule has 0 aliphatic carbocycles. The Morgan fingerprint density at radius 1 is 1.19 bits per heavy atom. The van der Waals surface area contributed by atoms with Crippen molar-refractivity contribution in [2.45, 2.75) is 25.6 Å². The molecule has 2 amide bonds. The predicted octanol–water partition coefficient (Wildman–Crippen LogP) is 4.80. The van der Waals surface area contributed by atoms with Crippen LogP contribution >= 0.6 is 11.3 Å². The third-order valence-corrected chi connectivity index (χ3v) is 5.53. The van der Waals surface area contributed by atoms with Gasteiger partial charge in [0.2, 0.25) is 0 Å². The number of halogens is 3. The fourth-order valence-electron chi connectivity index (χ4n) is 3.16. The molecule has 1 aromatic carbocycles. The first-order chi connectivity index (χ1) is 12.9. The van der Waals surface area contributed by atoms with Crippen molar-refractivity contribution < 1.29 is 18.0 Å². The summed E-state index contributed by atoms with van der Waals surface area (Å²) in [6.45, 7) is 3.46. The van der Waals surface area contributed by atoms with Crippen LogP contribution in [-0.4, -0.2) is 30.6 Å². The molecule has 146 valence electrons. The number of amides is 2. The lowest BCUT2D eigenvalue weighted by molar-refractivity contribution is -0.137. The summed E-state index contributed by atoms with van der Waals surface area (Å²) in [5, 5.41) is 7.32. The van der Waals surface area contributed by atoms with Crippen LogP contribution in [0.3, 0.4) is 0 Å². The largest absolute Gasteiger partial charge is 0.416 e. The number of likely N-dealkylation sites (tertiary alicyclic amines) is 1. The van der Waals surface area contributed by atoms with Crippen LogP contribution in [0, 0.1) is 5.92 Å². The van der Waals surface area contributed by atoms with Crippen molar-refractivity contribution in [1.29, 1.82) is 0 Å². The molecule has 2 N–H and O–H groups in total. The average molecular weight is 397 g/mol. The van der Waals surface area contributed by atoms with Gasteiger partial charge >= 0.3 is 12.2 Å². The number of piperidine rings is 1. The molecule has 27 heavy (non-hydrogen) atoms. The normalized spacial score (nSPS) is 16.3. The number of alkyl halides is 3. The van der Waals surface area contributed by atoms with E-state index in [1.807, 2.05) is 0 Å². The molecule has 1 fully saturated rings. The third-order valence-electron chi connectivity index (χ3n) is 4.67. The first kappa shape index (κ1) is 19.7. The zero-order valence-corrected chi connectivity index (χ0v) is 15.6. The number of rotatable bonds is 5. The summed E-state index contributed by atoms with van der Waals surface area (Å²) in [6.07, 6.45) is -2.43. The molecule has 1 aliphatic heterocycles. The molecule has 0 saturated carbocycles. The number of urea groups is 1. The predicted molar refractivity (Wildman–Crippen MR) is 101 cm³/mol. The zero-order chi connectivity index (χ0) is 19.3. The van der Waals surface area contributed by atoms with Crippen molar-refractivity contribution in [3.05, 3.63) is 52.2 Å². The fourth-order valence-corrected chi connectivity index (χ4v) is 3.90. The zero-order valence-electron chi connectivity index (χ0n) is 14.8. The summed E-state index contributed by atoms with van der Waals surface area (Å²) in [4.78, 5) is 15.7. The fraction of sp³-hybridized carbons (Fsp3) is 0.421. The van der Waals surface area contributed by atoms with E-state index in [4.69, 9.17) is 0 Å². The Balaban J connectivity index is 1.40. The molecule has 0 radical (unpaired) electrons. The van der Waals surface area contributed by atoms with Gasteiger partial charge in [-0.2, -0.15) is 13.2 Å². The number of hydrogen-bond acceptors (Lipinski definition) is 3. The standard InChI is InChI=1S/C19H22F3N3OS/c20-19(21,22)15-3-1-4-16(11-15)24-18(26)23-12-14-6-8-25(9-7-14)13-17-5-2-10-27-17/h1-5,10-11,14H,6-9,12-13H2,(H2,23,24,26). The number of carbonyl (C=O) groups excluding carboxylic acids is 1. The van der Waals surface area contributed by atoms with E-state index in [1.165, 1.54) is 17.0 Å². The lowest BCUT2D eigenvalue weighted by Crippen LogP contribution is -2.39. The van der Waals surface area contributed by atoms with Crippen LogP contribution in [0.25, 0.3) is 0 Å². The van der Waals surface area contributed by atoms with Gasteiger partial charge < -0.3 is 10.6 Å². The molecular weight excluding hydrogens is 375 g/mol. The molecule has 0 atom stereocenters. The second-order valence-electron chi connectivity index (χ2n) is 6.71. The van der Waals surface area contributed by atoms with Gasteiger partial charge in [0.1, 0.15) is 0 Å². The Kier molecular flexibility index (Phi) is 6.38. The van der Waals surface area contributed by atoms with E-state index < -0.39 is 17.8 Å². The summed E-state index contributed by atoms with van der Waals surface area (Å²) in [5.41, 5.74) is -0.647. The molecule has 8 heteroatoms. The van der Waals surface area contributed by atoms with E-state index in [2.05, 4.69) is 33.0 Å². The van der Waals surface area contributed by atoms with Gasteiger partial charge in [-0.3, -0.25) is 4.90 Å². The third kappa shape index (κ3) is 5.97. The van der Waals surface area contributed by atoms with E-state index in [1.54, 1.807) is 11.3 Å². The molecule has 0 bridgehead atoms. The van der Waals surface area contributed by atoms with Crippen LogP contribution in [0.1, 0.15) is 23.3 Å². The molecular formula is C19H22F3N3OS. The monoisotopic (exact) mass is 397 g/mol. The Morgan fingerprint density at radius 3 is 2.63 bits per heavy atom. The minimum absolute atomic E-state index is 0.132. The van der Waals surface area contributed by atoms with Gasteiger partial charge in [-0.1, -0.05) is 12.1 Å². The van der Waals surface area contributed by atoms with Gasteiger partial charge in [0.05, 0.1) is 5.56 Å². The van der Waals surface area contributed by atoms with Crippen molar-refractivity contribution in [2.75, 3.05) is 25.0 Å². The van der Waals surface area contributed by atoms with Gasteiger partial charge in [0, 0.05) is 23.7 Å². The van der Waals surface area contributed by atoms with E-state index in [0.717, 1.165) is 44.6 Å². The van der Waals surface area contributed by atoms with Crippen molar-refractivity contribution in [3.63, 3.8) is 0 Å². The van der Waals surface area contributed by atoms with Crippen LogP contribution < -0.4 is 10.6 Å². The Hall–Kier alpha value is -2.06. The Labute approximate surface area is 160 Å². The molecule has 4 nitrogen and oxygen atoms in total. The molecule has 2 aromatic rings. The number of carbonyl (C=O) groups is 1. The van der Waals surface area contributed by atoms with Crippen LogP contribution in [0.4, 0.5) is 23.7 Å². The number of nitrogens with one attached hydrogen (secondary N) is 2. The van der Waals surface area contributed by atoms with Crippen molar-refractivity contribution >= 4 is 23.1 Å². The summed E-state index contributed by atoms with van der Waals surface area (Å²) in [7, 11) is 0. The maximum absolute atomic E-state index is 12.7. The highest BCUT2D eigenvalue weighted by atomic mass is 32.1. The maximum Gasteiger partial charge on any atom is 0.416 e. The van der Waals surface area contributed by atoms with E-state index in [0.29, 0.717) is 12.5 Å². The lowest BCUT2D eigenvalue weighted by atomic mass is 9.97. The van der Waals surface area contributed by atoms with Crippen LogP contribution in [0.15, 0.2) is 41.8 Å². The minimum Gasteiger partial charge on any atom is -0.338 e. The highest BCUT2D eigenvalue weighted by Gasteiger charge is 2.30. The second kappa shape index (κ2) is 8.75. The molecule has 1 aromatic heterocycles. The number of anilines is 1. The molecule has 2 heterocycles. The highest BCUT2D eigenvalue weighted by Crippen LogP contribution is 2.30. The Morgan fingerprint density at radius 2 is 1.96 bits per heavy atom. The van der Waals surface area contributed by atoms with Gasteiger partial charge in [0.25, 0.3) is 0 Å². The van der Waals surface area contributed by atoms with Crippen LogP contribution in [0.2, 0.25) is 0 Å². The molecule has 1 saturated heterocycles. The topological polar surface area (TPSA) is 44.4 Å².